The topological polar surface area (TPSA) is 35.5 Å². The molecule has 0 amide bonds. The van der Waals surface area contributed by atoms with Crippen LogP contribution in [-0.2, 0) is 0 Å². The molecule has 5 nitrogen and oxygen atoms in total. The Bertz CT molecular complexity index is 478. The average molecular weight is 317 g/mol. The van der Waals surface area contributed by atoms with Gasteiger partial charge in [-0.3, -0.25) is 0 Å². The number of likely N-dealkylation sites (tertiary alicyclic amines) is 2. The Morgan fingerprint density at radius 1 is 1.00 bits per heavy atom. The molecular weight excluding hydrogens is 286 g/mol. The van der Waals surface area contributed by atoms with Gasteiger partial charge in [-0.1, -0.05) is 6.42 Å². The van der Waals surface area contributed by atoms with Gasteiger partial charge in [-0.2, -0.15) is 0 Å². The van der Waals surface area contributed by atoms with Gasteiger partial charge in [0.1, 0.15) is 12.1 Å². The average Bonchev–Trinajstić information content (AvgIpc) is 2.61. The summed E-state index contributed by atoms with van der Waals surface area (Å²) in [5, 5.41) is 0. The molecular formula is C18H31N5. The molecule has 0 spiro atoms. The Hall–Kier alpha value is -1.20. The van der Waals surface area contributed by atoms with E-state index < -0.39 is 0 Å². The number of hydrogen-bond acceptors (Lipinski definition) is 5. The molecule has 0 bridgehead atoms. The van der Waals surface area contributed by atoms with Crippen LogP contribution in [0, 0.1) is 6.92 Å². The van der Waals surface area contributed by atoms with E-state index in [1.54, 1.807) is 6.33 Å². The van der Waals surface area contributed by atoms with Gasteiger partial charge in [0.15, 0.2) is 0 Å². The lowest BCUT2D eigenvalue weighted by atomic mass is 10.0. The third-order valence-corrected chi connectivity index (χ3v) is 5.44. The van der Waals surface area contributed by atoms with Gasteiger partial charge < -0.3 is 14.7 Å². The van der Waals surface area contributed by atoms with Crippen LogP contribution in [0.25, 0.3) is 0 Å². The first-order valence-electron chi connectivity index (χ1n) is 9.18. The van der Waals surface area contributed by atoms with Crippen molar-refractivity contribution in [3.05, 3.63) is 18.1 Å². The number of rotatable bonds is 5. The van der Waals surface area contributed by atoms with E-state index in [0.717, 1.165) is 11.5 Å². The first kappa shape index (κ1) is 16.7. The first-order valence-corrected chi connectivity index (χ1v) is 9.18. The van der Waals surface area contributed by atoms with Crippen molar-refractivity contribution in [1.82, 2.24) is 19.8 Å². The smallest absolute Gasteiger partial charge is 0.132 e. The lowest BCUT2D eigenvalue weighted by Crippen LogP contribution is -2.46. The fourth-order valence-electron chi connectivity index (χ4n) is 3.82. The summed E-state index contributed by atoms with van der Waals surface area (Å²) >= 11 is 0. The van der Waals surface area contributed by atoms with E-state index in [1.165, 1.54) is 71.4 Å². The van der Waals surface area contributed by atoms with Crippen molar-refractivity contribution in [2.75, 3.05) is 51.2 Å². The van der Waals surface area contributed by atoms with Crippen LogP contribution in [0.1, 0.15) is 37.8 Å². The molecule has 0 saturated carbocycles. The van der Waals surface area contributed by atoms with E-state index in [-0.39, 0.29) is 0 Å². The van der Waals surface area contributed by atoms with Crippen molar-refractivity contribution in [3.63, 3.8) is 0 Å². The molecule has 0 N–H and O–H groups in total. The molecule has 1 aromatic heterocycles. The van der Waals surface area contributed by atoms with Gasteiger partial charge in [-0.15, -0.1) is 0 Å². The largest absolute Gasteiger partial charge is 0.356 e. The Labute approximate surface area is 140 Å². The Morgan fingerprint density at radius 3 is 2.30 bits per heavy atom. The molecule has 5 heteroatoms. The van der Waals surface area contributed by atoms with Crippen LogP contribution in [0.2, 0.25) is 0 Å². The zero-order valence-corrected chi connectivity index (χ0v) is 14.7. The maximum Gasteiger partial charge on any atom is 0.132 e. The molecule has 2 fully saturated rings. The molecule has 2 saturated heterocycles. The van der Waals surface area contributed by atoms with Crippen LogP contribution >= 0.6 is 0 Å². The molecule has 1 aromatic rings. The molecule has 2 aliphatic rings. The van der Waals surface area contributed by atoms with E-state index in [2.05, 4.69) is 37.8 Å². The van der Waals surface area contributed by atoms with Gasteiger partial charge in [0, 0.05) is 51.0 Å². The normalized spacial score (nSPS) is 21.5. The van der Waals surface area contributed by atoms with Crippen molar-refractivity contribution in [2.24, 2.45) is 0 Å². The lowest BCUT2D eigenvalue weighted by Gasteiger charge is -2.38. The number of anilines is 1. The molecule has 3 heterocycles. The van der Waals surface area contributed by atoms with Crippen molar-refractivity contribution in [2.45, 2.75) is 45.1 Å². The highest BCUT2D eigenvalue weighted by molar-refractivity contribution is 5.39. The maximum absolute atomic E-state index is 4.43. The Balaban J connectivity index is 1.42. The zero-order chi connectivity index (χ0) is 16.1. The maximum atomic E-state index is 4.43. The molecule has 3 rings (SSSR count). The van der Waals surface area contributed by atoms with E-state index in [0.29, 0.717) is 6.04 Å². The van der Waals surface area contributed by atoms with Crippen molar-refractivity contribution in [3.8, 4) is 0 Å². The number of nitrogens with zero attached hydrogens (tertiary/aromatic N) is 5. The lowest BCUT2D eigenvalue weighted by molar-refractivity contribution is 0.159. The Kier molecular flexibility index (Phi) is 5.84. The molecule has 0 aromatic carbocycles. The third kappa shape index (κ3) is 4.64. The summed E-state index contributed by atoms with van der Waals surface area (Å²) in [6, 6.07) is 2.69. The van der Waals surface area contributed by atoms with Crippen LogP contribution in [0.15, 0.2) is 12.4 Å². The predicted molar refractivity (Wildman–Crippen MR) is 94.9 cm³/mol. The fourth-order valence-corrected chi connectivity index (χ4v) is 3.82. The second kappa shape index (κ2) is 8.06. The molecule has 0 unspecified atom stereocenters. The molecule has 0 aliphatic carbocycles. The highest BCUT2D eigenvalue weighted by atomic mass is 15.2. The van der Waals surface area contributed by atoms with Gasteiger partial charge >= 0.3 is 0 Å². The summed E-state index contributed by atoms with van der Waals surface area (Å²) in [4.78, 5) is 16.3. The highest BCUT2D eigenvalue weighted by Gasteiger charge is 2.23. The van der Waals surface area contributed by atoms with Gasteiger partial charge in [0.2, 0.25) is 0 Å². The molecule has 0 radical (unpaired) electrons. The number of aromatic nitrogens is 2. The summed E-state index contributed by atoms with van der Waals surface area (Å²) in [7, 11) is 2.18. The summed E-state index contributed by atoms with van der Waals surface area (Å²) in [5.74, 6) is 1.06. The molecule has 2 aliphatic heterocycles. The number of hydrogen-bond donors (Lipinski definition) is 0. The van der Waals surface area contributed by atoms with Crippen molar-refractivity contribution >= 4 is 5.82 Å². The SMILES string of the molecule is Cc1cc(N(C)C2CCN(CCN3CCCCC3)CC2)ncn1. The van der Waals surface area contributed by atoms with E-state index >= 15 is 0 Å². The van der Waals surface area contributed by atoms with Gasteiger partial charge in [-0.25, -0.2) is 9.97 Å². The van der Waals surface area contributed by atoms with Crippen molar-refractivity contribution in [1.29, 1.82) is 0 Å². The summed E-state index contributed by atoms with van der Waals surface area (Å²) < 4.78 is 0. The quantitative estimate of drug-likeness (QED) is 0.832. The number of piperidine rings is 2. The second-order valence-electron chi connectivity index (χ2n) is 7.10. The molecule has 23 heavy (non-hydrogen) atoms. The van der Waals surface area contributed by atoms with Crippen molar-refractivity contribution < 1.29 is 0 Å². The monoisotopic (exact) mass is 317 g/mol. The van der Waals surface area contributed by atoms with Crippen LogP contribution < -0.4 is 4.90 Å². The van der Waals surface area contributed by atoms with Gasteiger partial charge in [-0.05, 0) is 45.7 Å². The molecule has 128 valence electrons. The zero-order valence-electron chi connectivity index (χ0n) is 14.7. The minimum Gasteiger partial charge on any atom is -0.356 e. The molecule has 0 atom stereocenters. The fraction of sp³-hybridized carbons (Fsp3) is 0.778. The highest BCUT2D eigenvalue weighted by Crippen LogP contribution is 2.20. The Morgan fingerprint density at radius 2 is 1.65 bits per heavy atom. The predicted octanol–water partition coefficient (Wildman–Crippen LogP) is 2.17. The first-order chi connectivity index (χ1) is 11.2. The van der Waals surface area contributed by atoms with Crippen LogP contribution in [0.4, 0.5) is 5.82 Å². The van der Waals surface area contributed by atoms with E-state index in [9.17, 15) is 0 Å². The van der Waals surface area contributed by atoms with Gasteiger partial charge in [0.05, 0.1) is 0 Å². The van der Waals surface area contributed by atoms with Crippen LogP contribution in [0.5, 0.6) is 0 Å². The summed E-state index contributed by atoms with van der Waals surface area (Å²) in [6.07, 6.45) is 8.36. The standard InChI is InChI=1S/C18H31N5/c1-16-14-18(20-15-19-16)21(2)17-6-10-23(11-7-17)13-12-22-8-4-3-5-9-22/h14-15,17H,3-13H2,1-2H3. The van der Waals surface area contributed by atoms with Crippen LogP contribution in [-0.4, -0.2) is 72.1 Å². The van der Waals surface area contributed by atoms with E-state index in [4.69, 9.17) is 0 Å². The summed E-state index contributed by atoms with van der Waals surface area (Å²) in [5.41, 5.74) is 1.04. The summed E-state index contributed by atoms with van der Waals surface area (Å²) in [6.45, 7) is 9.58. The second-order valence-corrected chi connectivity index (χ2v) is 7.10. The van der Waals surface area contributed by atoms with Crippen LogP contribution in [0.3, 0.4) is 0 Å². The number of aryl methyl sites for hydroxylation is 1. The minimum atomic E-state index is 0.607. The third-order valence-electron chi connectivity index (χ3n) is 5.44. The van der Waals surface area contributed by atoms with Gasteiger partial charge in [0.25, 0.3) is 0 Å². The van der Waals surface area contributed by atoms with E-state index in [1.807, 2.05) is 6.92 Å². The minimum absolute atomic E-state index is 0.607.